The van der Waals surface area contributed by atoms with Gasteiger partial charge in [-0.25, -0.2) is 0 Å². The zero-order valence-electron chi connectivity index (χ0n) is 16.4. The summed E-state index contributed by atoms with van der Waals surface area (Å²) in [5.74, 6) is 0.0536. The summed E-state index contributed by atoms with van der Waals surface area (Å²) >= 11 is 0. The highest BCUT2D eigenvalue weighted by Crippen LogP contribution is 2.24. The van der Waals surface area contributed by atoms with Crippen molar-refractivity contribution in [3.8, 4) is 5.75 Å². The molecule has 5 nitrogen and oxygen atoms in total. The van der Waals surface area contributed by atoms with Crippen LogP contribution in [0.25, 0.3) is 0 Å². The Kier molecular flexibility index (Phi) is 6.99. The molecule has 0 bridgehead atoms. The first-order valence-corrected chi connectivity index (χ1v) is 9.11. The van der Waals surface area contributed by atoms with Gasteiger partial charge in [-0.15, -0.1) is 0 Å². The standard InChI is InChI=1S/C22H28N2O3/c1-16(27-19-12-10-18(11-13-19)22(2,3)4)21(26)24-15-20(25)23-14-17-8-6-5-7-9-17/h5-13,16H,14-15H2,1-4H3,(H,23,25)(H,24,26). The summed E-state index contributed by atoms with van der Waals surface area (Å²) in [7, 11) is 0. The number of hydrogen-bond donors (Lipinski definition) is 2. The number of amides is 2. The van der Waals surface area contributed by atoms with E-state index < -0.39 is 6.10 Å². The minimum Gasteiger partial charge on any atom is -0.481 e. The van der Waals surface area contributed by atoms with E-state index >= 15 is 0 Å². The van der Waals surface area contributed by atoms with E-state index in [1.54, 1.807) is 6.92 Å². The van der Waals surface area contributed by atoms with Gasteiger partial charge >= 0.3 is 0 Å². The maximum Gasteiger partial charge on any atom is 0.261 e. The minimum absolute atomic E-state index is 0.0641. The molecule has 0 aliphatic carbocycles. The lowest BCUT2D eigenvalue weighted by molar-refractivity contribution is -0.130. The van der Waals surface area contributed by atoms with Crippen LogP contribution >= 0.6 is 0 Å². The van der Waals surface area contributed by atoms with E-state index in [0.717, 1.165) is 5.56 Å². The number of carbonyl (C=O) groups excluding carboxylic acids is 2. The Labute approximate surface area is 161 Å². The highest BCUT2D eigenvalue weighted by atomic mass is 16.5. The predicted molar refractivity (Wildman–Crippen MR) is 107 cm³/mol. The molecule has 2 rings (SSSR count). The van der Waals surface area contributed by atoms with Crippen molar-refractivity contribution in [2.45, 2.75) is 45.8 Å². The smallest absolute Gasteiger partial charge is 0.261 e. The predicted octanol–water partition coefficient (Wildman–Crippen LogP) is 3.18. The van der Waals surface area contributed by atoms with Crippen molar-refractivity contribution in [2.24, 2.45) is 0 Å². The van der Waals surface area contributed by atoms with Crippen LogP contribution in [0.5, 0.6) is 5.75 Å². The first-order chi connectivity index (χ1) is 12.8. The maximum atomic E-state index is 12.1. The number of benzene rings is 2. The van der Waals surface area contributed by atoms with Crippen LogP contribution in [0.15, 0.2) is 54.6 Å². The molecule has 2 aromatic rings. The fourth-order valence-corrected chi connectivity index (χ4v) is 2.46. The Morgan fingerprint density at radius 1 is 0.963 bits per heavy atom. The Hall–Kier alpha value is -2.82. The lowest BCUT2D eigenvalue weighted by Crippen LogP contribution is -2.42. The summed E-state index contributed by atoms with van der Waals surface area (Å²) in [6.07, 6.45) is -0.688. The zero-order chi connectivity index (χ0) is 19.9. The van der Waals surface area contributed by atoms with Crippen molar-refractivity contribution in [1.82, 2.24) is 10.6 Å². The van der Waals surface area contributed by atoms with E-state index in [4.69, 9.17) is 4.74 Å². The first kappa shape index (κ1) is 20.5. The van der Waals surface area contributed by atoms with Crippen LogP contribution in [-0.2, 0) is 21.5 Å². The van der Waals surface area contributed by atoms with E-state index in [9.17, 15) is 9.59 Å². The normalized spacial score (nSPS) is 12.1. The van der Waals surface area contributed by atoms with E-state index in [1.165, 1.54) is 5.56 Å². The number of hydrogen-bond acceptors (Lipinski definition) is 3. The second-order valence-corrected chi connectivity index (χ2v) is 7.51. The van der Waals surface area contributed by atoms with Gasteiger partial charge in [0, 0.05) is 6.54 Å². The lowest BCUT2D eigenvalue weighted by atomic mass is 9.87. The summed E-state index contributed by atoms with van der Waals surface area (Å²) in [5, 5.41) is 5.37. The Morgan fingerprint density at radius 2 is 1.59 bits per heavy atom. The van der Waals surface area contributed by atoms with E-state index in [1.807, 2.05) is 54.6 Å². The highest BCUT2D eigenvalue weighted by molar-refractivity contribution is 5.86. The van der Waals surface area contributed by atoms with Gasteiger partial charge < -0.3 is 15.4 Å². The number of ether oxygens (including phenoxy) is 1. The van der Waals surface area contributed by atoms with Crippen molar-refractivity contribution in [3.63, 3.8) is 0 Å². The number of carbonyl (C=O) groups is 2. The van der Waals surface area contributed by atoms with Crippen LogP contribution in [0, 0.1) is 0 Å². The number of nitrogens with one attached hydrogen (secondary N) is 2. The molecule has 2 N–H and O–H groups in total. The summed E-state index contributed by atoms with van der Waals surface area (Å²) in [5.41, 5.74) is 2.27. The van der Waals surface area contributed by atoms with Gasteiger partial charge in [0.25, 0.3) is 5.91 Å². The topological polar surface area (TPSA) is 67.4 Å². The minimum atomic E-state index is -0.688. The fourth-order valence-electron chi connectivity index (χ4n) is 2.46. The zero-order valence-corrected chi connectivity index (χ0v) is 16.4. The van der Waals surface area contributed by atoms with Crippen molar-refractivity contribution in [1.29, 1.82) is 0 Å². The van der Waals surface area contributed by atoms with Gasteiger partial charge in [-0.05, 0) is 35.6 Å². The average molecular weight is 368 g/mol. The van der Waals surface area contributed by atoms with Crippen molar-refractivity contribution in [3.05, 3.63) is 65.7 Å². The monoisotopic (exact) mass is 368 g/mol. The van der Waals surface area contributed by atoms with Crippen LogP contribution in [0.1, 0.15) is 38.8 Å². The molecule has 2 amide bonds. The first-order valence-electron chi connectivity index (χ1n) is 9.11. The van der Waals surface area contributed by atoms with Gasteiger partial charge in [-0.2, -0.15) is 0 Å². The molecule has 1 unspecified atom stereocenters. The molecule has 1 atom stereocenters. The SMILES string of the molecule is CC(Oc1ccc(C(C)(C)C)cc1)C(=O)NCC(=O)NCc1ccccc1. The molecular formula is C22H28N2O3. The van der Waals surface area contributed by atoms with Gasteiger partial charge in [-0.3, -0.25) is 9.59 Å². The van der Waals surface area contributed by atoms with Gasteiger partial charge in [0.2, 0.25) is 5.91 Å². The molecule has 5 heteroatoms. The molecule has 0 fully saturated rings. The third-order valence-electron chi connectivity index (χ3n) is 4.16. The fraction of sp³-hybridized carbons (Fsp3) is 0.364. The molecule has 0 aliphatic heterocycles. The maximum absolute atomic E-state index is 12.1. The van der Waals surface area contributed by atoms with Crippen LogP contribution < -0.4 is 15.4 Å². The van der Waals surface area contributed by atoms with Crippen LogP contribution in [0.2, 0.25) is 0 Å². The van der Waals surface area contributed by atoms with Gasteiger partial charge in [-0.1, -0.05) is 63.2 Å². The van der Waals surface area contributed by atoms with Crippen molar-refractivity contribution in [2.75, 3.05) is 6.54 Å². The van der Waals surface area contributed by atoms with E-state index in [2.05, 4.69) is 31.4 Å². The summed E-state index contributed by atoms with van der Waals surface area (Å²) in [4.78, 5) is 24.0. The molecule has 144 valence electrons. The van der Waals surface area contributed by atoms with Gasteiger partial charge in [0.05, 0.1) is 6.54 Å². The van der Waals surface area contributed by atoms with E-state index in [0.29, 0.717) is 12.3 Å². The Bertz CT molecular complexity index is 749. The number of rotatable bonds is 7. The van der Waals surface area contributed by atoms with Crippen LogP contribution in [0.4, 0.5) is 0 Å². The molecule has 2 aromatic carbocycles. The van der Waals surface area contributed by atoms with E-state index in [-0.39, 0.29) is 23.8 Å². The molecule has 0 radical (unpaired) electrons. The lowest BCUT2D eigenvalue weighted by Gasteiger charge is -2.20. The van der Waals surface area contributed by atoms with Crippen LogP contribution in [-0.4, -0.2) is 24.5 Å². The average Bonchev–Trinajstić information content (AvgIpc) is 2.65. The van der Waals surface area contributed by atoms with Gasteiger partial charge in [0.15, 0.2) is 6.10 Å². The van der Waals surface area contributed by atoms with Crippen LogP contribution in [0.3, 0.4) is 0 Å². The second-order valence-electron chi connectivity index (χ2n) is 7.51. The highest BCUT2D eigenvalue weighted by Gasteiger charge is 2.17. The molecule has 27 heavy (non-hydrogen) atoms. The van der Waals surface area contributed by atoms with Crippen molar-refractivity contribution >= 4 is 11.8 Å². The molecule has 0 spiro atoms. The van der Waals surface area contributed by atoms with Crippen molar-refractivity contribution < 1.29 is 14.3 Å². The summed E-state index contributed by atoms with van der Waals surface area (Å²) in [6, 6.07) is 17.3. The summed E-state index contributed by atoms with van der Waals surface area (Å²) in [6.45, 7) is 8.43. The molecule has 0 aromatic heterocycles. The second kappa shape index (κ2) is 9.21. The quantitative estimate of drug-likeness (QED) is 0.789. The third-order valence-corrected chi connectivity index (χ3v) is 4.16. The molecule has 0 aliphatic rings. The molecule has 0 saturated carbocycles. The molecule has 0 saturated heterocycles. The molecular weight excluding hydrogens is 340 g/mol. The van der Waals surface area contributed by atoms with Gasteiger partial charge in [0.1, 0.15) is 5.75 Å². The Morgan fingerprint density at radius 3 is 2.19 bits per heavy atom. The summed E-state index contributed by atoms with van der Waals surface area (Å²) < 4.78 is 5.66. The molecule has 0 heterocycles. The Balaban J connectivity index is 1.75. The third kappa shape index (κ3) is 6.77. The largest absolute Gasteiger partial charge is 0.481 e.